The minimum absolute atomic E-state index is 0.0173. The molecular weight excluding hydrogens is 268 g/mol. The molecule has 2 atom stereocenters. The number of carbonyl (C=O) groups excluding carboxylic acids is 1. The molecule has 5 heteroatoms. The van der Waals surface area contributed by atoms with Gasteiger partial charge in [0.05, 0.1) is 17.9 Å². The van der Waals surface area contributed by atoms with Gasteiger partial charge in [-0.05, 0) is 18.4 Å². The molecule has 1 fully saturated rings. The first-order chi connectivity index (χ1) is 10.1. The lowest BCUT2D eigenvalue weighted by atomic mass is 9.94. The Balaban J connectivity index is 2.12. The Hall–Kier alpha value is -2.35. The summed E-state index contributed by atoms with van der Waals surface area (Å²) < 4.78 is 0. The normalized spacial score (nSPS) is 20.7. The first-order valence-electron chi connectivity index (χ1n) is 7.06. The topological polar surface area (TPSA) is 81.4 Å². The molecule has 0 saturated heterocycles. The average molecular weight is 286 g/mol. The molecule has 1 aliphatic carbocycles. The molecule has 1 aromatic carbocycles. The summed E-state index contributed by atoms with van der Waals surface area (Å²) in [4.78, 5) is 25.2. The fourth-order valence-corrected chi connectivity index (χ4v) is 2.89. The molecule has 0 bridgehead atoms. The van der Waals surface area contributed by atoms with Crippen molar-refractivity contribution in [3.05, 3.63) is 35.9 Å². The van der Waals surface area contributed by atoms with Gasteiger partial charge in [0.15, 0.2) is 0 Å². The monoisotopic (exact) mass is 286 g/mol. The molecule has 1 amide bonds. The molecule has 0 heterocycles. The molecule has 1 N–H and O–H groups in total. The highest BCUT2D eigenvalue weighted by Gasteiger charge is 2.39. The van der Waals surface area contributed by atoms with E-state index in [1.165, 1.54) is 4.90 Å². The summed E-state index contributed by atoms with van der Waals surface area (Å²) in [5.74, 6) is -2.25. The molecule has 1 aliphatic rings. The number of aliphatic carboxylic acids is 1. The predicted molar refractivity (Wildman–Crippen MR) is 75.9 cm³/mol. The van der Waals surface area contributed by atoms with E-state index in [-0.39, 0.29) is 12.5 Å². The molecule has 0 aliphatic heterocycles. The number of nitrogens with zero attached hydrogens (tertiary/aromatic N) is 2. The number of hydrogen-bond donors (Lipinski definition) is 1. The maximum atomic E-state index is 12.6. The summed E-state index contributed by atoms with van der Waals surface area (Å²) in [6.45, 7) is 0.326. The number of rotatable bonds is 5. The number of nitriles is 1. The van der Waals surface area contributed by atoms with Gasteiger partial charge in [-0.25, -0.2) is 0 Å². The predicted octanol–water partition coefficient (Wildman–Crippen LogP) is 2.04. The van der Waals surface area contributed by atoms with Crippen LogP contribution in [-0.2, 0) is 16.1 Å². The zero-order chi connectivity index (χ0) is 15.2. The number of hydrogen-bond acceptors (Lipinski definition) is 3. The van der Waals surface area contributed by atoms with E-state index in [1.54, 1.807) is 0 Å². The van der Waals surface area contributed by atoms with Gasteiger partial charge in [0, 0.05) is 6.54 Å². The van der Waals surface area contributed by atoms with Gasteiger partial charge in [0.25, 0.3) is 0 Å². The molecule has 1 aromatic rings. The van der Waals surface area contributed by atoms with Crippen LogP contribution in [0.4, 0.5) is 0 Å². The van der Waals surface area contributed by atoms with Gasteiger partial charge >= 0.3 is 5.97 Å². The van der Waals surface area contributed by atoms with Gasteiger partial charge in [-0.2, -0.15) is 5.26 Å². The third-order valence-electron chi connectivity index (χ3n) is 3.94. The van der Waals surface area contributed by atoms with Crippen molar-refractivity contribution in [2.45, 2.75) is 25.8 Å². The van der Waals surface area contributed by atoms with Crippen molar-refractivity contribution in [2.24, 2.45) is 11.8 Å². The third kappa shape index (κ3) is 3.60. The Morgan fingerprint density at radius 3 is 2.52 bits per heavy atom. The van der Waals surface area contributed by atoms with Gasteiger partial charge in [0.1, 0.15) is 6.54 Å². The number of carboxylic acid groups (broad SMARTS) is 1. The van der Waals surface area contributed by atoms with Crippen molar-refractivity contribution in [1.29, 1.82) is 5.26 Å². The summed E-state index contributed by atoms with van der Waals surface area (Å²) >= 11 is 0. The second kappa shape index (κ2) is 6.89. The van der Waals surface area contributed by atoms with Crippen LogP contribution in [0.1, 0.15) is 24.8 Å². The van der Waals surface area contributed by atoms with Crippen LogP contribution in [0.3, 0.4) is 0 Å². The van der Waals surface area contributed by atoms with Crippen LogP contribution in [0.2, 0.25) is 0 Å². The van der Waals surface area contributed by atoms with Crippen LogP contribution < -0.4 is 0 Å². The van der Waals surface area contributed by atoms with Crippen LogP contribution >= 0.6 is 0 Å². The third-order valence-corrected chi connectivity index (χ3v) is 3.94. The lowest BCUT2D eigenvalue weighted by molar-refractivity contribution is -0.149. The van der Waals surface area contributed by atoms with Crippen LogP contribution in [0.25, 0.3) is 0 Å². The van der Waals surface area contributed by atoms with Crippen LogP contribution in [0, 0.1) is 23.2 Å². The fraction of sp³-hybridized carbons (Fsp3) is 0.438. The van der Waals surface area contributed by atoms with Gasteiger partial charge in [0.2, 0.25) is 5.91 Å². The molecular formula is C16H18N2O3. The second-order valence-corrected chi connectivity index (χ2v) is 5.32. The zero-order valence-corrected chi connectivity index (χ0v) is 11.7. The highest BCUT2D eigenvalue weighted by Crippen LogP contribution is 2.33. The van der Waals surface area contributed by atoms with Gasteiger partial charge < -0.3 is 10.0 Å². The van der Waals surface area contributed by atoms with Crippen molar-refractivity contribution in [3.8, 4) is 6.07 Å². The van der Waals surface area contributed by atoms with E-state index in [4.69, 9.17) is 5.26 Å². The maximum absolute atomic E-state index is 12.6. The van der Waals surface area contributed by atoms with Gasteiger partial charge in [-0.3, -0.25) is 9.59 Å². The summed E-state index contributed by atoms with van der Waals surface area (Å²) in [6.07, 6.45) is 1.88. The minimum Gasteiger partial charge on any atom is -0.481 e. The van der Waals surface area contributed by atoms with Crippen molar-refractivity contribution in [1.82, 2.24) is 4.90 Å². The summed E-state index contributed by atoms with van der Waals surface area (Å²) in [5, 5.41) is 18.1. The van der Waals surface area contributed by atoms with Crippen LogP contribution in [0.15, 0.2) is 30.3 Å². The van der Waals surface area contributed by atoms with Crippen LogP contribution in [-0.4, -0.2) is 28.4 Å². The number of carbonyl (C=O) groups is 2. The van der Waals surface area contributed by atoms with Crippen molar-refractivity contribution >= 4 is 11.9 Å². The quantitative estimate of drug-likeness (QED) is 0.840. The SMILES string of the molecule is N#CCN(Cc1ccccc1)C(=O)[C@@H]1CCC[C@@H]1C(=O)O. The van der Waals surface area contributed by atoms with Crippen molar-refractivity contribution < 1.29 is 14.7 Å². The minimum atomic E-state index is -0.914. The molecule has 0 unspecified atom stereocenters. The largest absolute Gasteiger partial charge is 0.481 e. The van der Waals surface area contributed by atoms with E-state index in [9.17, 15) is 14.7 Å². The van der Waals surface area contributed by atoms with E-state index in [0.29, 0.717) is 19.4 Å². The second-order valence-electron chi connectivity index (χ2n) is 5.32. The van der Waals surface area contributed by atoms with Gasteiger partial charge in [-0.15, -0.1) is 0 Å². The molecule has 21 heavy (non-hydrogen) atoms. The van der Waals surface area contributed by atoms with E-state index in [2.05, 4.69) is 0 Å². The van der Waals surface area contributed by atoms with Crippen molar-refractivity contribution in [2.75, 3.05) is 6.54 Å². The molecule has 0 radical (unpaired) electrons. The Morgan fingerprint density at radius 1 is 1.24 bits per heavy atom. The number of benzene rings is 1. The first-order valence-corrected chi connectivity index (χ1v) is 7.06. The molecule has 0 spiro atoms. The number of carboxylic acids is 1. The number of amides is 1. The lowest BCUT2D eigenvalue weighted by Crippen LogP contribution is -2.39. The zero-order valence-electron chi connectivity index (χ0n) is 11.7. The Morgan fingerprint density at radius 2 is 1.90 bits per heavy atom. The Labute approximate surface area is 123 Å². The molecule has 5 nitrogen and oxygen atoms in total. The lowest BCUT2D eigenvalue weighted by Gasteiger charge is -2.25. The highest BCUT2D eigenvalue weighted by atomic mass is 16.4. The van der Waals surface area contributed by atoms with Gasteiger partial charge in [-0.1, -0.05) is 36.8 Å². The summed E-state index contributed by atoms with van der Waals surface area (Å²) in [7, 11) is 0. The van der Waals surface area contributed by atoms with E-state index < -0.39 is 17.8 Å². The average Bonchev–Trinajstić information content (AvgIpc) is 2.97. The van der Waals surface area contributed by atoms with Crippen LogP contribution in [0.5, 0.6) is 0 Å². The summed E-state index contributed by atoms with van der Waals surface area (Å²) in [6, 6.07) is 11.4. The molecule has 0 aromatic heterocycles. The maximum Gasteiger partial charge on any atom is 0.307 e. The first kappa shape index (κ1) is 15.0. The van der Waals surface area contributed by atoms with E-state index in [0.717, 1.165) is 12.0 Å². The van der Waals surface area contributed by atoms with E-state index >= 15 is 0 Å². The smallest absolute Gasteiger partial charge is 0.307 e. The molecule has 1 saturated carbocycles. The molecule has 2 rings (SSSR count). The standard InChI is InChI=1S/C16H18N2O3/c17-9-10-18(11-12-5-2-1-3-6-12)15(19)13-7-4-8-14(13)16(20)21/h1-3,5-6,13-14H,4,7-8,10-11H2,(H,20,21)/t13-,14+/m1/s1. The van der Waals surface area contributed by atoms with E-state index in [1.807, 2.05) is 36.4 Å². The summed E-state index contributed by atoms with van der Waals surface area (Å²) in [5.41, 5.74) is 0.936. The Bertz CT molecular complexity index is 550. The fourth-order valence-electron chi connectivity index (χ4n) is 2.89. The highest BCUT2D eigenvalue weighted by molar-refractivity contribution is 5.85. The van der Waals surface area contributed by atoms with Crippen molar-refractivity contribution in [3.63, 3.8) is 0 Å². The Kier molecular flexibility index (Phi) is 4.94. The molecule has 110 valence electrons.